The minimum atomic E-state index is 0. The summed E-state index contributed by atoms with van der Waals surface area (Å²) in [6.07, 6.45) is 33.3. The van der Waals surface area contributed by atoms with Crippen molar-refractivity contribution in [1.82, 2.24) is 9.88 Å². The van der Waals surface area contributed by atoms with E-state index in [2.05, 4.69) is 147 Å². The molecule has 5 aliphatic heterocycles. The number of pyridine rings is 3. The molecule has 0 aromatic carbocycles. The maximum atomic E-state index is 5.35. The molecule has 8 nitrogen and oxygen atoms in total. The van der Waals surface area contributed by atoms with Crippen LogP contribution in [0.1, 0.15) is 28.1 Å². The van der Waals surface area contributed by atoms with Crippen molar-refractivity contribution >= 4 is 33.9 Å². The van der Waals surface area contributed by atoms with Gasteiger partial charge >= 0.3 is 17.1 Å². The van der Waals surface area contributed by atoms with Crippen LogP contribution in [0.15, 0.2) is 190 Å². The van der Waals surface area contributed by atoms with Crippen LogP contribution in [0.5, 0.6) is 0 Å². The first kappa shape index (κ1) is 47.5. The molecular weight excluding hydrogens is 873 g/mol. The Morgan fingerprint density at radius 3 is 1.14 bits per heavy atom. The fourth-order valence-electron chi connectivity index (χ4n) is 6.94. The Morgan fingerprint density at radius 1 is 0.431 bits per heavy atom. The largest absolute Gasteiger partial charge is 3.00 e. The fourth-order valence-corrected chi connectivity index (χ4v) is 6.94. The molecule has 4 aromatic rings. The van der Waals surface area contributed by atoms with Crippen LogP contribution in [0, 0.1) is 0 Å². The van der Waals surface area contributed by atoms with E-state index in [4.69, 9.17) is 20.0 Å². The van der Waals surface area contributed by atoms with E-state index in [0.29, 0.717) is 0 Å². The van der Waals surface area contributed by atoms with Crippen molar-refractivity contribution in [2.75, 3.05) is 7.05 Å². The van der Waals surface area contributed by atoms with E-state index in [-0.39, 0.29) is 79.1 Å². The van der Waals surface area contributed by atoms with E-state index < -0.39 is 0 Å². The van der Waals surface area contributed by atoms with Gasteiger partial charge in [0.25, 0.3) is 0 Å². The number of aliphatic imine (C=N–C) groups is 3. The zero-order valence-corrected chi connectivity index (χ0v) is 36.7. The van der Waals surface area contributed by atoms with Crippen LogP contribution in [0.4, 0.5) is 0 Å². The summed E-state index contributed by atoms with van der Waals surface area (Å²) in [5.74, 6) is 0. The minimum absolute atomic E-state index is 0. The number of fused-ring (bicyclic) bond motifs is 5. The number of aromatic nitrogens is 4. The third-order valence-corrected chi connectivity index (χ3v) is 9.68. The molecule has 5 aliphatic rings. The van der Waals surface area contributed by atoms with Gasteiger partial charge in [-0.1, -0.05) is 12.1 Å². The Labute approximate surface area is 380 Å². The second kappa shape index (κ2) is 19.7. The first-order valence-corrected chi connectivity index (χ1v) is 17.3. The fraction of sp³-hybridized carbons (Fsp3) is 0.0909. The second-order valence-electron chi connectivity index (χ2n) is 13.4. The molecule has 0 saturated heterocycles. The van der Waals surface area contributed by atoms with Crippen LogP contribution in [-0.2, 0) is 38.2 Å². The van der Waals surface area contributed by atoms with Crippen molar-refractivity contribution in [2.45, 2.75) is 0 Å². The van der Waals surface area contributed by atoms with E-state index in [0.717, 1.165) is 90.2 Å². The van der Waals surface area contributed by atoms with Gasteiger partial charge in [0.1, 0.15) is 21.1 Å². The third-order valence-electron chi connectivity index (χ3n) is 9.68. The first-order valence-electron chi connectivity index (χ1n) is 17.3. The first-order chi connectivity index (χ1) is 25.4. The number of nitrogens with zero attached hydrogens (tertiary/aromatic N) is 8. The molecule has 294 valence electrons. The smallest absolute Gasteiger partial charge is 1.00 e. The summed E-state index contributed by atoms with van der Waals surface area (Å²) in [5, 5.41) is 0. The van der Waals surface area contributed by atoms with Gasteiger partial charge in [0, 0.05) is 67.0 Å². The van der Waals surface area contributed by atoms with Gasteiger partial charge in [0.05, 0.1) is 34.2 Å². The van der Waals surface area contributed by atoms with Crippen LogP contribution in [0.2, 0.25) is 0 Å². The predicted octanol–water partition coefficient (Wildman–Crippen LogP) is -9.62. The van der Waals surface area contributed by atoms with E-state index in [1.807, 2.05) is 46.8 Å². The molecular formula is C44H36Cl5MnN8. The molecule has 4 aromatic heterocycles. The van der Waals surface area contributed by atoms with E-state index in [9.17, 15) is 0 Å². The molecule has 9 heterocycles. The van der Waals surface area contributed by atoms with Crippen molar-refractivity contribution in [3.8, 4) is 0 Å². The van der Waals surface area contributed by atoms with Gasteiger partial charge in [-0.15, -0.1) is 11.4 Å². The molecule has 9 rings (SSSR count). The Hall–Kier alpha value is -4.83. The summed E-state index contributed by atoms with van der Waals surface area (Å²) >= 11 is 0. The molecule has 0 N–H and O–H groups in total. The molecule has 0 saturated carbocycles. The standard InChI is InChI=1S/C44H36N8.5ClH.Mn/c1-49-21-13-29(14-22-49)41-33-5-7-35(45-33)42(30-15-23-50(2)24-16-30)37-9-11-39(47-37)44(32-19-27-52(4)28-20-32)40-12-10-38(48-40)43(36-8-6-34(41)46-36)31-17-25-51(3)26-18-31;;;;;;/h5-28H,1-4H3;5*1H;/q+2;;;;;;+3/p-5. The van der Waals surface area contributed by atoms with Crippen LogP contribution in [0.3, 0.4) is 0 Å². The maximum absolute atomic E-state index is 5.35. The molecule has 0 unspecified atom stereocenters. The molecule has 0 fully saturated rings. The van der Waals surface area contributed by atoms with Crippen molar-refractivity contribution < 1.29 is 92.8 Å². The average molecular weight is 909 g/mol. The number of rotatable bonds is 3. The molecule has 8 bridgehead atoms. The SMILES string of the molecule is CN1C=CC(=C2C3=NC(=C(c4cc[n+](C)cc4)C4=NC(=C(c5cc[n+](C)cc5)c5ccc([n-]5)C(c5cc[n+](C)cc5)=C5C=CC2=N5)C=C4)C=C3)C=C1.[Cl-].[Cl-].[Cl-].[Cl-].[Cl-].[Mn+3]. The summed E-state index contributed by atoms with van der Waals surface area (Å²) in [6, 6.07) is 16.9. The van der Waals surface area contributed by atoms with E-state index in [1.54, 1.807) is 0 Å². The normalized spacial score (nSPS) is 15.8. The van der Waals surface area contributed by atoms with Crippen LogP contribution < -0.4 is 80.7 Å². The van der Waals surface area contributed by atoms with E-state index >= 15 is 0 Å². The Balaban J connectivity index is 0.00000150. The Morgan fingerprint density at radius 2 is 0.759 bits per heavy atom. The summed E-state index contributed by atoms with van der Waals surface area (Å²) in [5.41, 5.74) is 14.7. The van der Waals surface area contributed by atoms with Gasteiger partial charge in [-0.2, -0.15) is 0 Å². The van der Waals surface area contributed by atoms with Gasteiger partial charge in [0.2, 0.25) is 0 Å². The molecule has 0 spiro atoms. The topological polar surface area (TPSA) is 66.1 Å². The minimum Gasteiger partial charge on any atom is -1.00 e. The molecule has 58 heavy (non-hydrogen) atoms. The second-order valence-corrected chi connectivity index (χ2v) is 13.4. The molecule has 14 heteroatoms. The van der Waals surface area contributed by atoms with Crippen molar-refractivity contribution in [3.05, 3.63) is 203 Å². The number of hydrogen-bond acceptors (Lipinski definition) is 4. The number of hydrogen-bond donors (Lipinski definition) is 0. The molecule has 0 radical (unpaired) electrons. The van der Waals surface area contributed by atoms with Crippen molar-refractivity contribution in [3.63, 3.8) is 0 Å². The van der Waals surface area contributed by atoms with Gasteiger partial charge < -0.3 is 71.9 Å². The quantitative estimate of drug-likeness (QED) is 0.152. The van der Waals surface area contributed by atoms with Crippen molar-refractivity contribution in [1.29, 1.82) is 0 Å². The Kier molecular flexibility index (Phi) is 16.2. The average Bonchev–Trinajstić information content (AvgIpc) is 3.99. The van der Waals surface area contributed by atoms with Gasteiger partial charge in [-0.25, -0.2) is 28.7 Å². The summed E-state index contributed by atoms with van der Waals surface area (Å²) in [6.45, 7) is 0. The predicted molar refractivity (Wildman–Crippen MR) is 204 cm³/mol. The number of aryl methyl sites for hydroxylation is 3. The zero-order valence-electron chi connectivity index (χ0n) is 31.7. The number of allylic oxidation sites excluding steroid dienone is 11. The Bertz CT molecular complexity index is 2570. The van der Waals surface area contributed by atoms with Gasteiger partial charge in [0.15, 0.2) is 37.2 Å². The number of halogens is 5. The third kappa shape index (κ3) is 9.07. The van der Waals surface area contributed by atoms with Gasteiger partial charge in [-0.3, -0.25) is 0 Å². The monoisotopic (exact) mass is 906 g/mol. The zero-order chi connectivity index (χ0) is 35.3. The van der Waals surface area contributed by atoms with Crippen LogP contribution in [-0.4, -0.2) is 29.1 Å². The molecule has 0 atom stereocenters. The summed E-state index contributed by atoms with van der Waals surface area (Å²) < 4.78 is 6.11. The maximum Gasteiger partial charge on any atom is 3.00 e. The van der Waals surface area contributed by atoms with E-state index in [1.165, 1.54) is 0 Å². The van der Waals surface area contributed by atoms with Crippen molar-refractivity contribution in [2.24, 2.45) is 36.1 Å². The van der Waals surface area contributed by atoms with Crippen LogP contribution >= 0.6 is 0 Å². The summed E-state index contributed by atoms with van der Waals surface area (Å²) in [7, 11) is 8.10. The molecule has 0 aliphatic carbocycles. The molecule has 0 amide bonds. The van der Waals surface area contributed by atoms with Crippen LogP contribution in [0.25, 0.3) is 16.7 Å². The van der Waals surface area contributed by atoms with Gasteiger partial charge in [-0.05, 0) is 82.0 Å². The summed E-state index contributed by atoms with van der Waals surface area (Å²) in [4.78, 5) is 23.4.